The Balaban J connectivity index is 3.09. The van der Waals surface area contributed by atoms with Crippen LogP contribution in [0.25, 0.3) is 0 Å². The molecule has 0 radical (unpaired) electrons. The largest absolute Gasteiger partial charge is 0.381 e. The summed E-state index contributed by atoms with van der Waals surface area (Å²) in [6.07, 6.45) is 1.12. The molecule has 0 spiro atoms. The summed E-state index contributed by atoms with van der Waals surface area (Å²) in [5, 5.41) is 3.45. The fourth-order valence-electron chi connectivity index (χ4n) is 1.52. The molecule has 0 aromatic carbocycles. The highest BCUT2D eigenvalue weighted by molar-refractivity contribution is 4.55. The Bertz CT molecular complexity index is 136. The minimum atomic E-state index is 0.649. The van der Waals surface area contributed by atoms with Crippen LogP contribution >= 0.6 is 0 Å². The van der Waals surface area contributed by atoms with Gasteiger partial charge >= 0.3 is 0 Å². The van der Waals surface area contributed by atoms with Crippen molar-refractivity contribution in [3.05, 3.63) is 0 Å². The molecule has 0 atom stereocenters. The molecule has 0 aromatic heterocycles. The standard InChI is InChI=1S/C13H30N2O/c1-5-15(6-2)10-9-14-8-7-11-16-12-13(3)4/h13-14H,5-12H2,1-4H3. The average Bonchev–Trinajstić information content (AvgIpc) is 2.27. The van der Waals surface area contributed by atoms with Gasteiger partial charge in [0.2, 0.25) is 0 Å². The lowest BCUT2D eigenvalue weighted by atomic mass is 10.2. The Morgan fingerprint density at radius 2 is 1.81 bits per heavy atom. The third-order valence-corrected chi connectivity index (χ3v) is 2.59. The molecule has 1 N–H and O–H groups in total. The molecular weight excluding hydrogens is 200 g/mol. The van der Waals surface area contributed by atoms with Crippen molar-refractivity contribution in [2.75, 3.05) is 45.9 Å². The van der Waals surface area contributed by atoms with Gasteiger partial charge in [-0.2, -0.15) is 0 Å². The second-order valence-corrected chi connectivity index (χ2v) is 4.60. The van der Waals surface area contributed by atoms with E-state index >= 15 is 0 Å². The normalized spacial score (nSPS) is 11.6. The van der Waals surface area contributed by atoms with E-state index in [-0.39, 0.29) is 0 Å². The van der Waals surface area contributed by atoms with E-state index in [2.05, 4.69) is 37.9 Å². The Morgan fingerprint density at radius 3 is 2.38 bits per heavy atom. The van der Waals surface area contributed by atoms with Gasteiger partial charge in [0, 0.05) is 26.3 Å². The van der Waals surface area contributed by atoms with Crippen molar-refractivity contribution in [3.8, 4) is 0 Å². The maximum atomic E-state index is 5.51. The van der Waals surface area contributed by atoms with Crippen LogP contribution < -0.4 is 5.32 Å². The zero-order chi connectivity index (χ0) is 12.2. The molecule has 0 rings (SSSR count). The van der Waals surface area contributed by atoms with E-state index in [4.69, 9.17) is 4.74 Å². The topological polar surface area (TPSA) is 24.5 Å². The first-order valence-corrected chi connectivity index (χ1v) is 6.71. The van der Waals surface area contributed by atoms with E-state index in [1.165, 1.54) is 0 Å². The summed E-state index contributed by atoms with van der Waals surface area (Å²) >= 11 is 0. The number of nitrogens with one attached hydrogen (secondary N) is 1. The number of ether oxygens (including phenoxy) is 1. The highest BCUT2D eigenvalue weighted by atomic mass is 16.5. The quantitative estimate of drug-likeness (QED) is 0.549. The molecular formula is C13H30N2O. The van der Waals surface area contributed by atoms with Gasteiger partial charge in [0.25, 0.3) is 0 Å². The Morgan fingerprint density at radius 1 is 1.12 bits per heavy atom. The maximum absolute atomic E-state index is 5.51. The molecule has 0 aliphatic carbocycles. The van der Waals surface area contributed by atoms with E-state index in [0.29, 0.717) is 5.92 Å². The van der Waals surface area contributed by atoms with Gasteiger partial charge in [0.15, 0.2) is 0 Å². The predicted molar refractivity (Wildman–Crippen MR) is 70.9 cm³/mol. The second-order valence-electron chi connectivity index (χ2n) is 4.60. The monoisotopic (exact) mass is 230 g/mol. The zero-order valence-electron chi connectivity index (χ0n) is 11.6. The lowest BCUT2D eigenvalue weighted by Gasteiger charge is -2.17. The average molecular weight is 230 g/mol. The third-order valence-electron chi connectivity index (χ3n) is 2.59. The maximum Gasteiger partial charge on any atom is 0.0489 e. The van der Waals surface area contributed by atoms with E-state index in [1.54, 1.807) is 0 Å². The molecule has 0 aliphatic heterocycles. The first-order chi connectivity index (χ1) is 7.70. The van der Waals surface area contributed by atoms with Crippen molar-refractivity contribution in [2.24, 2.45) is 5.92 Å². The van der Waals surface area contributed by atoms with Gasteiger partial charge in [-0.3, -0.25) is 0 Å². The molecule has 16 heavy (non-hydrogen) atoms. The molecule has 98 valence electrons. The molecule has 0 unspecified atom stereocenters. The summed E-state index contributed by atoms with van der Waals surface area (Å²) in [6.45, 7) is 16.2. The van der Waals surface area contributed by atoms with Crippen LogP contribution in [-0.4, -0.2) is 50.8 Å². The minimum absolute atomic E-state index is 0.649. The summed E-state index contributed by atoms with van der Waals surface area (Å²) in [5.74, 6) is 0.649. The van der Waals surface area contributed by atoms with Gasteiger partial charge in [-0.25, -0.2) is 0 Å². The second kappa shape index (κ2) is 11.4. The van der Waals surface area contributed by atoms with Gasteiger partial charge in [-0.15, -0.1) is 0 Å². The predicted octanol–water partition coefficient (Wildman–Crippen LogP) is 1.98. The van der Waals surface area contributed by atoms with Crippen LogP contribution in [0.15, 0.2) is 0 Å². The van der Waals surface area contributed by atoms with E-state index in [1.807, 2.05) is 0 Å². The Kier molecular flexibility index (Phi) is 11.3. The molecule has 0 aliphatic rings. The lowest BCUT2D eigenvalue weighted by molar-refractivity contribution is 0.108. The molecule has 0 aromatic rings. The lowest BCUT2D eigenvalue weighted by Crippen LogP contribution is -2.32. The van der Waals surface area contributed by atoms with Gasteiger partial charge in [0.05, 0.1) is 0 Å². The minimum Gasteiger partial charge on any atom is -0.381 e. The molecule has 0 heterocycles. The van der Waals surface area contributed by atoms with E-state index < -0.39 is 0 Å². The van der Waals surface area contributed by atoms with Gasteiger partial charge < -0.3 is 15.0 Å². The van der Waals surface area contributed by atoms with Crippen LogP contribution in [0.2, 0.25) is 0 Å². The van der Waals surface area contributed by atoms with Gasteiger partial charge in [0.1, 0.15) is 0 Å². The fourth-order valence-corrected chi connectivity index (χ4v) is 1.52. The number of hydrogen-bond acceptors (Lipinski definition) is 3. The Hall–Kier alpha value is -0.120. The van der Waals surface area contributed by atoms with Crippen molar-refractivity contribution in [2.45, 2.75) is 34.1 Å². The SMILES string of the molecule is CCN(CC)CCNCCCOCC(C)C. The summed E-state index contributed by atoms with van der Waals surface area (Å²) in [5.41, 5.74) is 0. The molecule has 0 fully saturated rings. The van der Waals surface area contributed by atoms with Gasteiger partial charge in [-0.05, 0) is 32.0 Å². The van der Waals surface area contributed by atoms with Crippen molar-refractivity contribution >= 4 is 0 Å². The number of rotatable bonds is 11. The van der Waals surface area contributed by atoms with Crippen LogP contribution in [0.3, 0.4) is 0 Å². The molecule has 3 nitrogen and oxygen atoms in total. The van der Waals surface area contributed by atoms with Crippen LogP contribution in [0.5, 0.6) is 0 Å². The van der Waals surface area contributed by atoms with E-state index in [0.717, 1.165) is 52.4 Å². The first-order valence-electron chi connectivity index (χ1n) is 6.71. The highest BCUT2D eigenvalue weighted by Crippen LogP contribution is 1.92. The number of likely N-dealkylation sites (N-methyl/N-ethyl adjacent to an activating group) is 1. The molecule has 0 saturated carbocycles. The number of hydrogen-bond donors (Lipinski definition) is 1. The summed E-state index contributed by atoms with van der Waals surface area (Å²) in [4.78, 5) is 2.43. The van der Waals surface area contributed by atoms with Crippen molar-refractivity contribution in [1.29, 1.82) is 0 Å². The van der Waals surface area contributed by atoms with Crippen molar-refractivity contribution < 1.29 is 4.74 Å². The summed E-state index contributed by atoms with van der Waals surface area (Å²) in [6, 6.07) is 0. The van der Waals surface area contributed by atoms with Crippen LogP contribution in [-0.2, 0) is 4.74 Å². The third kappa shape index (κ3) is 10.4. The van der Waals surface area contributed by atoms with E-state index in [9.17, 15) is 0 Å². The fraction of sp³-hybridized carbons (Fsp3) is 1.00. The van der Waals surface area contributed by atoms with Crippen molar-refractivity contribution in [1.82, 2.24) is 10.2 Å². The molecule has 3 heteroatoms. The zero-order valence-corrected chi connectivity index (χ0v) is 11.6. The molecule has 0 bridgehead atoms. The summed E-state index contributed by atoms with van der Waals surface area (Å²) in [7, 11) is 0. The van der Waals surface area contributed by atoms with Crippen LogP contribution in [0.1, 0.15) is 34.1 Å². The number of nitrogens with zero attached hydrogens (tertiary/aromatic N) is 1. The Labute approximate surface area is 102 Å². The van der Waals surface area contributed by atoms with Crippen LogP contribution in [0, 0.1) is 5.92 Å². The molecule has 0 saturated heterocycles. The van der Waals surface area contributed by atoms with Crippen LogP contribution in [0.4, 0.5) is 0 Å². The first kappa shape index (κ1) is 15.9. The van der Waals surface area contributed by atoms with Crippen molar-refractivity contribution in [3.63, 3.8) is 0 Å². The summed E-state index contributed by atoms with van der Waals surface area (Å²) < 4.78 is 5.51. The van der Waals surface area contributed by atoms with Gasteiger partial charge in [-0.1, -0.05) is 27.7 Å². The molecule has 0 amide bonds. The highest BCUT2D eigenvalue weighted by Gasteiger charge is 1.97. The smallest absolute Gasteiger partial charge is 0.0489 e.